The van der Waals surface area contributed by atoms with Gasteiger partial charge in [-0.2, -0.15) is 0 Å². The summed E-state index contributed by atoms with van der Waals surface area (Å²) in [6.45, 7) is 0. The molecule has 4 nitrogen and oxygen atoms in total. The molecule has 1 heterocycles. The fourth-order valence-corrected chi connectivity index (χ4v) is 4.71. The highest BCUT2D eigenvalue weighted by Crippen LogP contribution is 2.30. The van der Waals surface area contributed by atoms with Crippen LogP contribution in [0.2, 0.25) is 0 Å². The van der Waals surface area contributed by atoms with E-state index >= 15 is 0 Å². The number of hydrogen-bond donors (Lipinski definition) is 1. The number of thiazole rings is 1. The zero-order chi connectivity index (χ0) is 20.4. The average molecular weight is 428 g/mol. The van der Waals surface area contributed by atoms with Crippen LogP contribution in [0.4, 0.5) is 14.5 Å². The van der Waals surface area contributed by atoms with Crippen molar-refractivity contribution in [2.75, 3.05) is 4.72 Å². The fraction of sp³-hybridized carbons (Fsp3) is 0. The Morgan fingerprint density at radius 2 is 1.62 bits per heavy atom. The predicted molar refractivity (Wildman–Crippen MR) is 110 cm³/mol. The maximum Gasteiger partial charge on any atom is 0.264 e. The summed E-state index contributed by atoms with van der Waals surface area (Å²) in [5.74, 6) is -2.00. The minimum atomic E-state index is -4.21. The zero-order valence-electron chi connectivity index (χ0n) is 14.8. The van der Waals surface area contributed by atoms with Crippen LogP contribution in [0.1, 0.15) is 0 Å². The molecule has 4 aromatic rings. The van der Waals surface area contributed by atoms with Crippen LogP contribution in [0, 0.1) is 11.6 Å². The molecule has 0 bridgehead atoms. The zero-order valence-corrected chi connectivity index (χ0v) is 16.5. The van der Waals surface area contributed by atoms with Crippen LogP contribution < -0.4 is 4.72 Å². The van der Waals surface area contributed by atoms with E-state index in [-0.39, 0.29) is 5.69 Å². The monoisotopic (exact) mass is 428 g/mol. The Bertz CT molecular complexity index is 1270. The van der Waals surface area contributed by atoms with E-state index in [9.17, 15) is 17.2 Å². The minimum absolute atomic E-state index is 0.250. The number of nitrogens with one attached hydrogen (secondary N) is 1. The Morgan fingerprint density at radius 3 is 2.38 bits per heavy atom. The van der Waals surface area contributed by atoms with Gasteiger partial charge >= 0.3 is 0 Å². The molecular formula is C21H14F2N2O2S2. The summed E-state index contributed by atoms with van der Waals surface area (Å²) >= 11 is 1.48. The summed E-state index contributed by atoms with van der Waals surface area (Å²) in [5, 5.41) is 2.73. The van der Waals surface area contributed by atoms with Gasteiger partial charge in [-0.1, -0.05) is 42.5 Å². The Morgan fingerprint density at radius 1 is 0.862 bits per heavy atom. The first-order chi connectivity index (χ1) is 13.9. The van der Waals surface area contributed by atoms with Crippen molar-refractivity contribution in [2.24, 2.45) is 0 Å². The third-order valence-corrected chi connectivity index (χ3v) is 6.42. The van der Waals surface area contributed by atoms with Crippen molar-refractivity contribution in [2.45, 2.75) is 4.90 Å². The van der Waals surface area contributed by atoms with E-state index in [0.29, 0.717) is 17.3 Å². The average Bonchev–Trinajstić information content (AvgIpc) is 3.18. The standard InChI is InChI=1S/C21H14F2N2O2S2/c22-16-9-10-20(18(23)12-16)29(26,27)25-17-8-4-7-15(11-17)19-13-28-21(24-19)14-5-2-1-3-6-14/h1-13,25H. The number of halogens is 2. The van der Waals surface area contributed by atoms with Crippen molar-refractivity contribution in [1.29, 1.82) is 0 Å². The number of anilines is 1. The first-order valence-corrected chi connectivity index (χ1v) is 10.9. The van der Waals surface area contributed by atoms with Gasteiger partial charge in [0.25, 0.3) is 10.0 Å². The molecule has 0 amide bonds. The second-order valence-electron chi connectivity index (χ2n) is 6.16. The van der Waals surface area contributed by atoms with Crippen LogP contribution in [0.5, 0.6) is 0 Å². The van der Waals surface area contributed by atoms with Gasteiger partial charge in [0.05, 0.1) is 5.69 Å². The molecule has 0 aliphatic rings. The summed E-state index contributed by atoms with van der Waals surface area (Å²) < 4.78 is 54.3. The Balaban J connectivity index is 1.62. The van der Waals surface area contributed by atoms with Gasteiger partial charge in [0, 0.05) is 28.3 Å². The van der Waals surface area contributed by atoms with Crippen LogP contribution in [0.3, 0.4) is 0 Å². The number of nitrogens with zero attached hydrogens (tertiary/aromatic N) is 1. The van der Waals surface area contributed by atoms with Crippen molar-refractivity contribution < 1.29 is 17.2 Å². The third kappa shape index (κ3) is 4.18. The highest BCUT2D eigenvalue weighted by Gasteiger charge is 2.20. The maximum atomic E-state index is 13.9. The minimum Gasteiger partial charge on any atom is -0.280 e. The molecule has 0 fully saturated rings. The molecule has 0 aliphatic heterocycles. The van der Waals surface area contributed by atoms with Crippen LogP contribution in [0.15, 0.2) is 83.1 Å². The van der Waals surface area contributed by atoms with Gasteiger partial charge in [-0.05, 0) is 24.3 Å². The van der Waals surface area contributed by atoms with E-state index in [1.807, 2.05) is 35.7 Å². The largest absolute Gasteiger partial charge is 0.280 e. The van der Waals surface area contributed by atoms with E-state index in [1.54, 1.807) is 24.3 Å². The molecule has 8 heteroatoms. The van der Waals surface area contributed by atoms with E-state index in [2.05, 4.69) is 9.71 Å². The number of sulfonamides is 1. The SMILES string of the molecule is O=S(=O)(Nc1cccc(-c2csc(-c3ccccc3)n2)c1)c1ccc(F)cc1F. The van der Waals surface area contributed by atoms with Crippen LogP contribution in [-0.4, -0.2) is 13.4 Å². The van der Waals surface area contributed by atoms with Crippen molar-refractivity contribution in [3.05, 3.63) is 89.8 Å². The first-order valence-electron chi connectivity index (χ1n) is 8.52. The summed E-state index contributed by atoms with van der Waals surface area (Å²) in [4.78, 5) is 3.99. The molecule has 1 N–H and O–H groups in total. The molecular weight excluding hydrogens is 414 g/mol. The Kier molecular flexibility index (Phi) is 5.12. The summed E-state index contributed by atoms with van der Waals surface area (Å²) in [6, 6.07) is 18.7. The topological polar surface area (TPSA) is 59.1 Å². The molecule has 0 atom stereocenters. The Hall–Kier alpha value is -3.10. The highest BCUT2D eigenvalue weighted by atomic mass is 32.2. The van der Waals surface area contributed by atoms with E-state index in [0.717, 1.165) is 22.7 Å². The molecule has 0 saturated carbocycles. The lowest BCUT2D eigenvalue weighted by Crippen LogP contribution is -2.14. The lowest BCUT2D eigenvalue weighted by atomic mass is 10.1. The van der Waals surface area contributed by atoms with Gasteiger partial charge in [0.1, 0.15) is 21.5 Å². The van der Waals surface area contributed by atoms with Crippen molar-refractivity contribution in [3.8, 4) is 21.8 Å². The fourth-order valence-electron chi connectivity index (χ4n) is 2.76. The van der Waals surface area contributed by atoms with Gasteiger partial charge < -0.3 is 0 Å². The summed E-state index contributed by atoms with van der Waals surface area (Å²) in [5.41, 5.74) is 2.65. The molecule has 4 rings (SSSR count). The number of hydrogen-bond acceptors (Lipinski definition) is 4. The van der Waals surface area contributed by atoms with E-state index in [4.69, 9.17) is 0 Å². The van der Waals surface area contributed by atoms with Crippen molar-refractivity contribution in [1.82, 2.24) is 4.98 Å². The van der Waals surface area contributed by atoms with Crippen molar-refractivity contribution >= 4 is 27.0 Å². The molecule has 0 radical (unpaired) electrons. The van der Waals surface area contributed by atoms with Crippen LogP contribution in [-0.2, 0) is 10.0 Å². The molecule has 0 spiro atoms. The Labute approximate surface area is 170 Å². The van der Waals surface area contributed by atoms with Crippen LogP contribution in [0.25, 0.3) is 21.8 Å². The van der Waals surface area contributed by atoms with E-state index < -0.39 is 26.6 Å². The smallest absolute Gasteiger partial charge is 0.264 e. The first kappa shape index (κ1) is 19.2. The maximum absolute atomic E-state index is 13.9. The van der Waals surface area contributed by atoms with Gasteiger partial charge in [0.2, 0.25) is 0 Å². The normalized spacial score (nSPS) is 11.4. The van der Waals surface area contributed by atoms with Gasteiger partial charge in [-0.25, -0.2) is 22.2 Å². The number of benzene rings is 3. The molecule has 0 aliphatic carbocycles. The van der Waals surface area contributed by atoms with Gasteiger partial charge in [0.15, 0.2) is 0 Å². The molecule has 29 heavy (non-hydrogen) atoms. The summed E-state index contributed by atoms with van der Waals surface area (Å²) in [6.07, 6.45) is 0. The van der Waals surface area contributed by atoms with Crippen molar-refractivity contribution in [3.63, 3.8) is 0 Å². The summed E-state index contributed by atoms with van der Waals surface area (Å²) in [7, 11) is -4.21. The highest BCUT2D eigenvalue weighted by molar-refractivity contribution is 7.92. The molecule has 146 valence electrons. The van der Waals surface area contributed by atoms with E-state index in [1.165, 1.54) is 11.3 Å². The van der Waals surface area contributed by atoms with Gasteiger partial charge in [-0.3, -0.25) is 4.72 Å². The lowest BCUT2D eigenvalue weighted by molar-refractivity contribution is 0.551. The number of rotatable bonds is 5. The molecule has 0 unspecified atom stereocenters. The van der Waals surface area contributed by atoms with Gasteiger partial charge in [-0.15, -0.1) is 11.3 Å². The van der Waals surface area contributed by atoms with Crippen LogP contribution >= 0.6 is 11.3 Å². The quantitative estimate of drug-likeness (QED) is 0.453. The second-order valence-corrected chi connectivity index (χ2v) is 8.67. The molecule has 1 aromatic heterocycles. The number of aromatic nitrogens is 1. The predicted octanol–water partition coefficient (Wildman–Crippen LogP) is 5.56. The third-order valence-electron chi connectivity index (χ3n) is 4.12. The lowest BCUT2D eigenvalue weighted by Gasteiger charge is -2.10. The second kappa shape index (κ2) is 7.73. The molecule has 0 saturated heterocycles. The molecule has 3 aromatic carbocycles.